The summed E-state index contributed by atoms with van der Waals surface area (Å²) >= 11 is 0. The van der Waals surface area contributed by atoms with E-state index in [2.05, 4.69) is 10.6 Å². The summed E-state index contributed by atoms with van der Waals surface area (Å²) in [6.45, 7) is 13.4. The zero-order chi connectivity index (χ0) is 17.1. The lowest BCUT2D eigenvalue weighted by Crippen LogP contribution is -2.26. The van der Waals surface area contributed by atoms with Gasteiger partial charge in [0.1, 0.15) is 0 Å². The van der Waals surface area contributed by atoms with Gasteiger partial charge >= 0.3 is 0 Å². The predicted molar refractivity (Wildman–Crippen MR) is 92.4 cm³/mol. The van der Waals surface area contributed by atoms with Gasteiger partial charge in [0.25, 0.3) is 0 Å². The van der Waals surface area contributed by atoms with Crippen molar-refractivity contribution in [3.63, 3.8) is 0 Å². The van der Waals surface area contributed by atoms with E-state index in [4.69, 9.17) is 0 Å². The summed E-state index contributed by atoms with van der Waals surface area (Å²) < 4.78 is 0. The normalized spacial score (nSPS) is 12.7. The lowest BCUT2D eigenvalue weighted by atomic mass is 10.1. The highest BCUT2D eigenvalue weighted by Gasteiger charge is 2.03. The van der Waals surface area contributed by atoms with E-state index in [0.29, 0.717) is 37.8 Å². The quantitative estimate of drug-likeness (QED) is 0.454. The topological polar surface area (TPSA) is 58.2 Å². The first-order valence-corrected chi connectivity index (χ1v) is 8.10. The van der Waals surface area contributed by atoms with Crippen LogP contribution in [0.2, 0.25) is 0 Å². The standard InChI is InChI=1S/C18H32N2O2/c1-13(2)9-17(21)11-15(5)19-7-8-20-16(6)12-18(22)10-14(3)4/h11-14,19-20H,7-10H2,1-6H3/b15-11+,16-12+. The molecule has 0 spiro atoms. The van der Waals surface area contributed by atoms with Gasteiger partial charge in [-0.1, -0.05) is 27.7 Å². The molecule has 0 aromatic heterocycles. The van der Waals surface area contributed by atoms with E-state index in [-0.39, 0.29) is 11.6 Å². The minimum absolute atomic E-state index is 0.156. The van der Waals surface area contributed by atoms with Crippen LogP contribution in [0.25, 0.3) is 0 Å². The molecule has 0 atom stereocenters. The third-order valence-electron chi connectivity index (χ3n) is 2.91. The van der Waals surface area contributed by atoms with Crippen molar-refractivity contribution in [2.24, 2.45) is 11.8 Å². The summed E-state index contributed by atoms with van der Waals surface area (Å²) in [5.74, 6) is 1.08. The summed E-state index contributed by atoms with van der Waals surface area (Å²) in [6.07, 6.45) is 4.48. The molecule has 0 aromatic rings. The van der Waals surface area contributed by atoms with Gasteiger partial charge in [0.2, 0.25) is 0 Å². The number of carbonyl (C=O) groups is 2. The maximum absolute atomic E-state index is 11.6. The second-order valence-corrected chi connectivity index (χ2v) is 6.64. The average Bonchev–Trinajstić information content (AvgIpc) is 2.32. The molecule has 4 heteroatoms. The number of hydrogen-bond donors (Lipinski definition) is 2. The molecule has 0 saturated heterocycles. The van der Waals surface area contributed by atoms with E-state index in [1.165, 1.54) is 0 Å². The highest BCUT2D eigenvalue weighted by atomic mass is 16.1. The zero-order valence-corrected chi connectivity index (χ0v) is 15.0. The molecule has 0 aliphatic heterocycles. The van der Waals surface area contributed by atoms with Gasteiger partial charge in [0.15, 0.2) is 11.6 Å². The van der Waals surface area contributed by atoms with Crippen molar-refractivity contribution in [1.82, 2.24) is 10.6 Å². The molecule has 0 aliphatic carbocycles. The zero-order valence-electron chi connectivity index (χ0n) is 15.0. The lowest BCUT2D eigenvalue weighted by molar-refractivity contribution is -0.116. The number of allylic oxidation sites excluding steroid dienone is 4. The SMILES string of the molecule is C/C(=C\C(=O)CC(C)C)NCCN/C(C)=C/C(=O)CC(C)C. The van der Waals surface area contributed by atoms with Crippen LogP contribution in [0.4, 0.5) is 0 Å². The van der Waals surface area contributed by atoms with Crippen LogP contribution < -0.4 is 10.6 Å². The Bertz CT molecular complexity index is 381. The predicted octanol–water partition coefficient (Wildman–Crippen LogP) is 3.20. The first-order valence-electron chi connectivity index (χ1n) is 8.10. The highest BCUT2D eigenvalue weighted by Crippen LogP contribution is 2.03. The van der Waals surface area contributed by atoms with Crippen molar-refractivity contribution >= 4 is 11.6 Å². The molecule has 0 fully saturated rings. The Hall–Kier alpha value is -1.58. The molecule has 126 valence electrons. The van der Waals surface area contributed by atoms with Gasteiger partial charge in [-0.15, -0.1) is 0 Å². The van der Waals surface area contributed by atoms with Crippen LogP contribution in [0.1, 0.15) is 54.4 Å². The van der Waals surface area contributed by atoms with Gasteiger partial charge in [0, 0.05) is 37.3 Å². The van der Waals surface area contributed by atoms with Crippen LogP contribution in [0.15, 0.2) is 23.5 Å². The Labute approximate surface area is 135 Å². The number of hydrogen-bond acceptors (Lipinski definition) is 4. The molecule has 0 aromatic carbocycles. The molecule has 4 nitrogen and oxygen atoms in total. The molecule has 0 amide bonds. The number of carbonyl (C=O) groups excluding carboxylic acids is 2. The minimum Gasteiger partial charge on any atom is -0.387 e. The first-order chi connectivity index (χ1) is 10.2. The smallest absolute Gasteiger partial charge is 0.157 e. The van der Waals surface area contributed by atoms with Crippen molar-refractivity contribution in [3.8, 4) is 0 Å². The second-order valence-electron chi connectivity index (χ2n) is 6.64. The second kappa shape index (κ2) is 11.0. The van der Waals surface area contributed by atoms with Crippen LogP contribution in [-0.4, -0.2) is 24.7 Å². The Morgan fingerprint density at radius 3 is 1.36 bits per heavy atom. The number of ketones is 2. The monoisotopic (exact) mass is 308 g/mol. The molecular formula is C18H32N2O2. The maximum atomic E-state index is 11.6. The molecule has 0 unspecified atom stereocenters. The lowest BCUT2D eigenvalue weighted by Gasteiger charge is -2.10. The Balaban J connectivity index is 4.01. The Morgan fingerprint density at radius 1 is 0.773 bits per heavy atom. The molecule has 22 heavy (non-hydrogen) atoms. The van der Waals surface area contributed by atoms with Crippen LogP contribution in [-0.2, 0) is 9.59 Å². The summed E-state index contributed by atoms with van der Waals surface area (Å²) in [4.78, 5) is 23.3. The molecule has 0 saturated carbocycles. The van der Waals surface area contributed by atoms with Crippen LogP contribution in [0.5, 0.6) is 0 Å². The van der Waals surface area contributed by atoms with Gasteiger partial charge < -0.3 is 10.6 Å². The Kier molecular flexibility index (Phi) is 10.3. The van der Waals surface area contributed by atoms with E-state index < -0.39 is 0 Å². The summed E-state index contributed by atoms with van der Waals surface area (Å²) in [5, 5.41) is 6.39. The molecule has 0 radical (unpaired) electrons. The molecular weight excluding hydrogens is 276 g/mol. The third-order valence-corrected chi connectivity index (χ3v) is 2.91. The number of nitrogens with one attached hydrogen (secondary N) is 2. The summed E-state index contributed by atoms with van der Waals surface area (Å²) in [6, 6.07) is 0. The largest absolute Gasteiger partial charge is 0.387 e. The first kappa shape index (κ1) is 20.4. The fourth-order valence-corrected chi connectivity index (χ4v) is 2.03. The molecule has 2 N–H and O–H groups in total. The van der Waals surface area contributed by atoms with E-state index >= 15 is 0 Å². The van der Waals surface area contributed by atoms with Gasteiger partial charge in [-0.3, -0.25) is 9.59 Å². The van der Waals surface area contributed by atoms with Gasteiger partial charge in [-0.25, -0.2) is 0 Å². The Morgan fingerprint density at radius 2 is 1.09 bits per heavy atom. The fourth-order valence-electron chi connectivity index (χ4n) is 2.03. The van der Waals surface area contributed by atoms with Crippen LogP contribution in [0, 0.1) is 11.8 Å². The van der Waals surface area contributed by atoms with E-state index in [0.717, 1.165) is 11.4 Å². The third kappa shape index (κ3) is 12.2. The molecule has 0 bridgehead atoms. The van der Waals surface area contributed by atoms with Crippen molar-refractivity contribution in [2.75, 3.05) is 13.1 Å². The van der Waals surface area contributed by atoms with Crippen molar-refractivity contribution in [3.05, 3.63) is 23.5 Å². The van der Waals surface area contributed by atoms with Gasteiger partial charge in [-0.2, -0.15) is 0 Å². The maximum Gasteiger partial charge on any atom is 0.157 e. The highest BCUT2D eigenvalue weighted by molar-refractivity contribution is 5.90. The van der Waals surface area contributed by atoms with Gasteiger partial charge in [0.05, 0.1) is 0 Å². The summed E-state index contributed by atoms with van der Waals surface area (Å²) in [5.41, 5.74) is 1.76. The fraction of sp³-hybridized carbons (Fsp3) is 0.667. The molecule has 0 heterocycles. The van der Waals surface area contributed by atoms with E-state index in [1.54, 1.807) is 12.2 Å². The van der Waals surface area contributed by atoms with Crippen molar-refractivity contribution < 1.29 is 9.59 Å². The van der Waals surface area contributed by atoms with Crippen LogP contribution in [0.3, 0.4) is 0 Å². The minimum atomic E-state index is 0.156. The van der Waals surface area contributed by atoms with Gasteiger partial charge in [-0.05, 0) is 37.8 Å². The summed E-state index contributed by atoms with van der Waals surface area (Å²) in [7, 11) is 0. The molecule has 0 aliphatic rings. The average molecular weight is 308 g/mol. The van der Waals surface area contributed by atoms with Crippen molar-refractivity contribution in [1.29, 1.82) is 0 Å². The van der Waals surface area contributed by atoms with E-state index in [1.807, 2.05) is 41.5 Å². The number of rotatable bonds is 11. The van der Waals surface area contributed by atoms with Crippen molar-refractivity contribution in [2.45, 2.75) is 54.4 Å². The van der Waals surface area contributed by atoms with E-state index in [9.17, 15) is 9.59 Å². The molecule has 0 rings (SSSR count). The van der Waals surface area contributed by atoms with Crippen LogP contribution >= 0.6 is 0 Å².